The van der Waals surface area contributed by atoms with Gasteiger partial charge in [-0.15, -0.1) is 0 Å². The molecule has 0 atom stereocenters. The lowest BCUT2D eigenvalue weighted by Gasteiger charge is -2.25. The molecule has 1 fully saturated rings. The van der Waals surface area contributed by atoms with Gasteiger partial charge in [-0.3, -0.25) is 9.59 Å². The molecule has 4 rings (SSSR count). The normalized spacial score (nSPS) is 16.3. The fraction of sp³-hybridized carbons (Fsp3) is 0.333. The van der Waals surface area contributed by atoms with Crippen LogP contribution in [-0.4, -0.2) is 66.7 Å². The van der Waals surface area contributed by atoms with Gasteiger partial charge < -0.3 is 14.8 Å². The van der Waals surface area contributed by atoms with Crippen molar-refractivity contribution in [3.05, 3.63) is 83.7 Å². The molecule has 0 saturated carbocycles. The van der Waals surface area contributed by atoms with E-state index in [9.17, 15) is 18.0 Å². The topological polar surface area (TPSA) is 91.7 Å². The second-order valence-electron chi connectivity index (χ2n) is 8.96. The van der Waals surface area contributed by atoms with Gasteiger partial charge in [-0.2, -0.15) is 4.31 Å². The van der Waals surface area contributed by atoms with Crippen molar-refractivity contribution < 1.29 is 18.0 Å². The highest BCUT2D eigenvalue weighted by Gasteiger charge is 2.26. The minimum Gasteiger partial charge on any atom is -0.354 e. The van der Waals surface area contributed by atoms with Crippen LogP contribution in [0, 0.1) is 13.8 Å². The van der Waals surface area contributed by atoms with E-state index in [4.69, 9.17) is 0 Å². The average molecular weight is 509 g/mol. The summed E-state index contributed by atoms with van der Waals surface area (Å²) in [5.74, 6) is -0.382. The highest BCUT2D eigenvalue weighted by atomic mass is 32.2. The quantitative estimate of drug-likeness (QED) is 0.586. The van der Waals surface area contributed by atoms with Crippen molar-refractivity contribution in [2.75, 3.05) is 32.7 Å². The minimum absolute atomic E-state index is 0.0691. The predicted octanol–water partition coefficient (Wildman–Crippen LogP) is 3.14. The molecule has 1 aliphatic rings. The van der Waals surface area contributed by atoms with Gasteiger partial charge in [0.25, 0.3) is 5.91 Å². The van der Waals surface area contributed by atoms with Gasteiger partial charge in [0.2, 0.25) is 15.9 Å². The third-order valence-electron chi connectivity index (χ3n) is 6.44. The maximum atomic E-state index is 13.3. The highest BCUT2D eigenvalue weighted by Crippen LogP contribution is 2.19. The summed E-state index contributed by atoms with van der Waals surface area (Å²) in [5.41, 5.74) is 3.77. The molecule has 1 N–H and O–H groups in total. The first-order chi connectivity index (χ1) is 17.3. The van der Waals surface area contributed by atoms with E-state index in [0.717, 1.165) is 17.1 Å². The van der Waals surface area contributed by atoms with E-state index in [1.807, 2.05) is 38.1 Å². The lowest BCUT2D eigenvalue weighted by molar-refractivity contribution is -0.121. The Kier molecular flexibility index (Phi) is 7.91. The van der Waals surface area contributed by atoms with Crippen LogP contribution in [0.1, 0.15) is 34.6 Å². The Labute approximate surface area is 212 Å². The fourth-order valence-corrected chi connectivity index (χ4v) is 6.00. The number of rotatable bonds is 4. The Morgan fingerprint density at radius 2 is 1.50 bits per heavy atom. The van der Waals surface area contributed by atoms with E-state index >= 15 is 0 Å². The predicted molar refractivity (Wildman–Crippen MR) is 139 cm³/mol. The van der Waals surface area contributed by atoms with Gasteiger partial charge in [0, 0.05) is 61.8 Å². The van der Waals surface area contributed by atoms with Crippen molar-refractivity contribution in [3.63, 3.8) is 0 Å². The van der Waals surface area contributed by atoms with Crippen molar-refractivity contribution >= 4 is 21.8 Å². The zero-order chi connectivity index (χ0) is 25.7. The van der Waals surface area contributed by atoms with Crippen LogP contribution in [-0.2, 0) is 14.8 Å². The standard InChI is InChI=1S/C27H32N4O4S/c1-21-9-10-22(2)31(21)24-13-11-23(12-14-24)27(33)29-17-6-18-30(19-15-26(32)28-16-20-29)36(34,35)25-7-4-3-5-8-25/h3-5,7-14H,6,15-20H2,1-2H3,(H,28,32). The van der Waals surface area contributed by atoms with E-state index in [2.05, 4.69) is 22.0 Å². The SMILES string of the molecule is Cc1ccc(C)n1-c1ccc(C(=O)N2CCCN(S(=O)(=O)c3ccccc3)CCC(=O)NCC2)cc1. The van der Waals surface area contributed by atoms with Gasteiger partial charge in [0.1, 0.15) is 0 Å². The van der Waals surface area contributed by atoms with Gasteiger partial charge in [0.05, 0.1) is 4.90 Å². The summed E-state index contributed by atoms with van der Waals surface area (Å²) in [6.45, 7) is 5.44. The first-order valence-corrected chi connectivity index (χ1v) is 13.6. The van der Waals surface area contributed by atoms with Crippen LogP contribution in [0.3, 0.4) is 0 Å². The molecule has 0 aliphatic carbocycles. The first kappa shape index (κ1) is 25.7. The Morgan fingerprint density at radius 3 is 2.17 bits per heavy atom. The largest absolute Gasteiger partial charge is 0.354 e. The Morgan fingerprint density at radius 1 is 0.833 bits per heavy atom. The molecule has 3 aromatic rings. The van der Waals surface area contributed by atoms with Crippen LogP contribution in [0.5, 0.6) is 0 Å². The number of aryl methyl sites for hydroxylation is 2. The van der Waals surface area contributed by atoms with Gasteiger partial charge in [-0.25, -0.2) is 8.42 Å². The molecular formula is C27H32N4O4S. The fourth-order valence-electron chi connectivity index (χ4n) is 4.50. The van der Waals surface area contributed by atoms with E-state index in [1.165, 1.54) is 4.31 Å². The molecule has 1 aromatic heterocycles. The van der Waals surface area contributed by atoms with Gasteiger partial charge in [-0.05, 0) is 68.8 Å². The van der Waals surface area contributed by atoms with Crippen LogP contribution in [0.2, 0.25) is 0 Å². The Bertz CT molecular complexity index is 1300. The summed E-state index contributed by atoms with van der Waals surface area (Å²) in [5, 5.41) is 2.81. The number of benzene rings is 2. The molecule has 0 unspecified atom stereocenters. The third kappa shape index (κ3) is 5.68. The van der Waals surface area contributed by atoms with Gasteiger partial charge in [-0.1, -0.05) is 18.2 Å². The monoisotopic (exact) mass is 508 g/mol. The molecule has 2 heterocycles. The van der Waals surface area contributed by atoms with Crippen molar-refractivity contribution in [1.82, 2.24) is 19.1 Å². The van der Waals surface area contributed by atoms with E-state index in [1.54, 1.807) is 35.2 Å². The third-order valence-corrected chi connectivity index (χ3v) is 8.35. The van der Waals surface area contributed by atoms with Gasteiger partial charge in [0.15, 0.2) is 0 Å². The maximum Gasteiger partial charge on any atom is 0.253 e. The number of sulfonamides is 1. The maximum absolute atomic E-state index is 13.3. The lowest BCUT2D eigenvalue weighted by Crippen LogP contribution is -2.39. The summed E-state index contributed by atoms with van der Waals surface area (Å²) >= 11 is 0. The molecule has 0 spiro atoms. The molecule has 1 aliphatic heterocycles. The molecule has 9 heteroatoms. The van der Waals surface area contributed by atoms with Crippen LogP contribution in [0.4, 0.5) is 0 Å². The van der Waals surface area contributed by atoms with E-state index in [0.29, 0.717) is 31.6 Å². The van der Waals surface area contributed by atoms with Crippen LogP contribution < -0.4 is 5.32 Å². The summed E-state index contributed by atoms with van der Waals surface area (Å²) < 4.78 is 29.8. The summed E-state index contributed by atoms with van der Waals surface area (Å²) in [6, 6.07) is 19.8. The molecule has 190 valence electrons. The van der Waals surface area contributed by atoms with Gasteiger partial charge >= 0.3 is 0 Å². The molecule has 1 saturated heterocycles. The number of amides is 2. The van der Waals surface area contributed by atoms with Crippen LogP contribution in [0.15, 0.2) is 71.6 Å². The number of carbonyl (C=O) groups is 2. The van der Waals surface area contributed by atoms with E-state index in [-0.39, 0.29) is 36.2 Å². The summed E-state index contributed by atoms with van der Waals surface area (Å²) in [6.07, 6.45) is 0.533. The van der Waals surface area contributed by atoms with Crippen molar-refractivity contribution in [1.29, 1.82) is 0 Å². The second-order valence-corrected chi connectivity index (χ2v) is 10.9. The zero-order valence-electron chi connectivity index (χ0n) is 20.7. The van der Waals surface area contributed by atoms with Crippen molar-refractivity contribution in [3.8, 4) is 5.69 Å². The molecule has 36 heavy (non-hydrogen) atoms. The van der Waals surface area contributed by atoms with Crippen LogP contribution in [0.25, 0.3) is 5.69 Å². The number of nitrogens with zero attached hydrogens (tertiary/aromatic N) is 3. The molecule has 2 amide bonds. The summed E-state index contributed by atoms with van der Waals surface area (Å²) in [7, 11) is -3.74. The first-order valence-electron chi connectivity index (χ1n) is 12.1. The number of hydrogen-bond acceptors (Lipinski definition) is 4. The number of aromatic nitrogens is 1. The number of carbonyl (C=O) groups excluding carboxylic acids is 2. The second kappa shape index (κ2) is 11.1. The van der Waals surface area contributed by atoms with Crippen LogP contribution >= 0.6 is 0 Å². The molecule has 2 aromatic carbocycles. The lowest BCUT2D eigenvalue weighted by atomic mass is 10.1. The Balaban J connectivity index is 1.50. The molecular weight excluding hydrogens is 476 g/mol. The zero-order valence-corrected chi connectivity index (χ0v) is 21.5. The number of nitrogens with one attached hydrogen (secondary N) is 1. The minimum atomic E-state index is -3.74. The van der Waals surface area contributed by atoms with E-state index < -0.39 is 10.0 Å². The molecule has 8 nitrogen and oxygen atoms in total. The smallest absolute Gasteiger partial charge is 0.253 e. The Hall–Kier alpha value is -3.43. The highest BCUT2D eigenvalue weighted by molar-refractivity contribution is 7.89. The summed E-state index contributed by atoms with van der Waals surface area (Å²) in [4.78, 5) is 27.5. The average Bonchev–Trinajstić information content (AvgIpc) is 3.20. The molecule has 0 bridgehead atoms. The van der Waals surface area contributed by atoms with Crippen molar-refractivity contribution in [2.45, 2.75) is 31.6 Å². The molecule has 0 radical (unpaired) electrons. The number of hydrogen-bond donors (Lipinski definition) is 1. The van der Waals surface area contributed by atoms with Crippen molar-refractivity contribution in [2.24, 2.45) is 0 Å².